The minimum Gasteiger partial charge on any atom is -0.379 e. The van der Waals surface area contributed by atoms with Gasteiger partial charge in [0.05, 0.1) is 0 Å². The molecule has 0 saturated heterocycles. The molecule has 0 fully saturated rings. The summed E-state index contributed by atoms with van der Waals surface area (Å²) in [5, 5.41) is 2.68. The standard InChI is InChI=1S/C19H23NO4S/c1-5-19(21)20-15-7-9-16(10-8-15)25(22,23)24-18-12-14(4)6-11-17(18)13(2)3/h6-13H,5H2,1-4H3,(H,20,21). The SMILES string of the molecule is CCC(=O)Nc1ccc(S(=O)(=O)Oc2cc(C)ccc2C(C)C)cc1. The average molecular weight is 361 g/mol. The molecule has 2 rings (SSSR count). The van der Waals surface area contributed by atoms with Gasteiger partial charge < -0.3 is 9.50 Å². The van der Waals surface area contributed by atoms with E-state index in [1.807, 2.05) is 32.9 Å². The Labute approximate surface area is 149 Å². The summed E-state index contributed by atoms with van der Waals surface area (Å²) in [4.78, 5) is 11.4. The Morgan fingerprint density at radius 1 is 1.12 bits per heavy atom. The van der Waals surface area contributed by atoms with Crippen LogP contribution in [0.5, 0.6) is 5.75 Å². The molecule has 0 unspecified atom stereocenters. The Balaban J connectivity index is 2.28. The predicted octanol–water partition coefficient (Wildman–Crippen LogP) is 4.23. The second kappa shape index (κ2) is 7.70. The first-order valence-electron chi connectivity index (χ1n) is 8.18. The summed E-state index contributed by atoms with van der Waals surface area (Å²) in [5.41, 5.74) is 2.30. The van der Waals surface area contributed by atoms with Gasteiger partial charge in [0, 0.05) is 12.1 Å². The van der Waals surface area contributed by atoms with E-state index in [0.717, 1.165) is 11.1 Å². The topological polar surface area (TPSA) is 72.5 Å². The molecule has 0 aliphatic heterocycles. The fraction of sp³-hybridized carbons (Fsp3) is 0.316. The lowest BCUT2D eigenvalue weighted by molar-refractivity contribution is -0.115. The second-order valence-corrected chi connectivity index (χ2v) is 7.71. The van der Waals surface area contributed by atoms with Crippen molar-refractivity contribution in [1.29, 1.82) is 0 Å². The largest absolute Gasteiger partial charge is 0.379 e. The average Bonchev–Trinajstić information content (AvgIpc) is 2.54. The van der Waals surface area contributed by atoms with Gasteiger partial charge in [-0.2, -0.15) is 8.42 Å². The van der Waals surface area contributed by atoms with Gasteiger partial charge in [-0.05, 0) is 54.3 Å². The van der Waals surface area contributed by atoms with E-state index in [1.165, 1.54) is 12.1 Å². The van der Waals surface area contributed by atoms with Crippen molar-refractivity contribution in [2.45, 2.75) is 44.9 Å². The smallest absolute Gasteiger partial charge is 0.339 e. The molecule has 2 aromatic carbocycles. The van der Waals surface area contributed by atoms with Crippen LogP contribution < -0.4 is 9.50 Å². The Hall–Kier alpha value is -2.34. The Morgan fingerprint density at radius 3 is 2.32 bits per heavy atom. The Bertz CT molecular complexity index is 855. The van der Waals surface area contributed by atoms with E-state index in [1.54, 1.807) is 25.1 Å². The molecule has 1 N–H and O–H groups in total. The van der Waals surface area contributed by atoms with Gasteiger partial charge in [-0.15, -0.1) is 0 Å². The summed E-state index contributed by atoms with van der Waals surface area (Å²) in [5.74, 6) is 0.351. The van der Waals surface area contributed by atoms with E-state index in [9.17, 15) is 13.2 Å². The number of rotatable bonds is 6. The molecule has 0 aliphatic rings. The van der Waals surface area contributed by atoms with Crippen LogP contribution in [0, 0.1) is 6.92 Å². The highest BCUT2D eigenvalue weighted by Crippen LogP contribution is 2.30. The maximum absolute atomic E-state index is 12.6. The van der Waals surface area contributed by atoms with Crippen molar-refractivity contribution < 1.29 is 17.4 Å². The van der Waals surface area contributed by atoms with Crippen molar-refractivity contribution in [3.05, 3.63) is 53.6 Å². The molecular formula is C19H23NO4S. The molecule has 5 nitrogen and oxygen atoms in total. The maximum Gasteiger partial charge on any atom is 0.339 e. The highest BCUT2D eigenvalue weighted by molar-refractivity contribution is 7.87. The molecule has 1 amide bonds. The first-order valence-corrected chi connectivity index (χ1v) is 9.58. The lowest BCUT2D eigenvalue weighted by Gasteiger charge is -2.15. The van der Waals surface area contributed by atoms with Gasteiger partial charge in [-0.1, -0.05) is 32.9 Å². The van der Waals surface area contributed by atoms with Crippen molar-refractivity contribution >= 4 is 21.7 Å². The van der Waals surface area contributed by atoms with E-state index in [0.29, 0.717) is 17.9 Å². The van der Waals surface area contributed by atoms with Crippen LogP contribution in [0.4, 0.5) is 5.69 Å². The van der Waals surface area contributed by atoms with Gasteiger partial charge in [-0.25, -0.2) is 0 Å². The minimum atomic E-state index is -3.95. The number of carbonyl (C=O) groups excluding carboxylic acids is 1. The Kier molecular flexibility index (Phi) is 5.85. The van der Waals surface area contributed by atoms with Crippen molar-refractivity contribution in [3.63, 3.8) is 0 Å². The maximum atomic E-state index is 12.6. The van der Waals surface area contributed by atoms with Crippen LogP contribution in [0.25, 0.3) is 0 Å². The summed E-state index contributed by atoms with van der Waals surface area (Å²) >= 11 is 0. The zero-order valence-electron chi connectivity index (χ0n) is 14.9. The third-order valence-electron chi connectivity index (χ3n) is 3.74. The van der Waals surface area contributed by atoms with E-state index < -0.39 is 10.1 Å². The zero-order valence-corrected chi connectivity index (χ0v) is 15.7. The molecule has 0 heterocycles. The predicted molar refractivity (Wildman–Crippen MR) is 98.4 cm³/mol. The number of hydrogen-bond donors (Lipinski definition) is 1. The summed E-state index contributed by atoms with van der Waals surface area (Å²) in [6, 6.07) is 11.5. The van der Waals surface area contributed by atoms with Gasteiger partial charge in [0.15, 0.2) is 0 Å². The third kappa shape index (κ3) is 4.82. The monoisotopic (exact) mass is 361 g/mol. The highest BCUT2D eigenvalue weighted by atomic mass is 32.2. The van der Waals surface area contributed by atoms with Gasteiger partial charge in [0.2, 0.25) is 5.91 Å². The van der Waals surface area contributed by atoms with Gasteiger partial charge in [-0.3, -0.25) is 4.79 Å². The molecule has 0 aromatic heterocycles. The van der Waals surface area contributed by atoms with Crippen LogP contribution in [-0.2, 0) is 14.9 Å². The number of aryl methyl sites for hydroxylation is 1. The van der Waals surface area contributed by atoms with Crippen molar-refractivity contribution in [1.82, 2.24) is 0 Å². The first kappa shape index (κ1) is 19.0. The summed E-state index contributed by atoms with van der Waals surface area (Å²) in [6.07, 6.45) is 0.356. The number of nitrogens with one attached hydrogen (secondary N) is 1. The number of anilines is 1. The van der Waals surface area contributed by atoms with Crippen LogP contribution in [0.3, 0.4) is 0 Å². The third-order valence-corrected chi connectivity index (χ3v) is 4.99. The van der Waals surface area contributed by atoms with Crippen LogP contribution >= 0.6 is 0 Å². The minimum absolute atomic E-state index is 0.0400. The van der Waals surface area contributed by atoms with Crippen LogP contribution in [0.2, 0.25) is 0 Å². The van der Waals surface area contributed by atoms with Crippen molar-refractivity contribution in [2.24, 2.45) is 0 Å². The quantitative estimate of drug-likeness (QED) is 0.781. The summed E-state index contributed by atoms with van der Waals surface area (Å²) in [6.45, 7) is 7.59. The van der Waals surface area contributed by atoms with E-state index in [2.05, 4.69) is 5.32 Å². The number of benzene rings is 2. The second-order valence-electron chi connectivity index (χ2n) is 6.16. The summed E-state index contributed by atoms with van der Waals surface area (Å²) in [7, 11) is -3.95. The number of amides is 1. The van der Waals surface area contributed by atoms with Crippen LogP contribution in [-0.4, -0.2) is 14.3 Å². The van der Waals surface area contributed by atoms with Crippen molar-refractivity contribution in [2.75, 3.05) is 5.32 Å². The molecule has 134 valence electrons. The van der Waals surface area contributed by atoms with Crippen LogP contribution in [0.1, 0.15) is 44.2 Å². The number of carbonyl (C=O) groups is 1. The summed E-state index contributed by atoms with van der Waals surface area (Å²) < 4.78 is 30.5. The van der Waals surface area contributed by atoms with Gasteiger partial charge in [0.1, 0.15) is 10.6 Å². The molecule has 25 heavy (non-hydrogen) atoms. The molecule has 0 spiro atoms. The molecule has 0 atom stereocenters. The van der Waals surface area contributed by atoms with E-state index >= 15 is 0 Å². The lowest BCUT2D eigenvalue weighted by atomic mass is 10.0. The molecule has 0 aliphatic carbocycles. The van der Waals surface area contributed by atoms with Gasteiger partial charge in [0.25, 0.3) is 0 Å². The fourth-order valence-electron chi connectivity index (χ4n) is 2.31. The molecule has 0 radical (unpaired) electrons. The van der Waals surface area contributed by atoms with E-state index in [4.69, 9.17) is 4.18 Å². The molecular weight excluding hydrogens is 338 g/mol. The number of hydrogen-bond acceptors (Lipinski definition) is 4. The van der Waals surface area contributed by atoms with Crippen LogP contribution in [0.15, 0.2) is 47.4 Å². The highest BCUT2D eigenvalue weighted by Gasteiger charge is 2.20. The molecule has 0 saturated carbocycles. The van der Waals surface area contributed by atoms with E-state index in [-0.39, 0.29) is 16.7 Å². The van der Waals surface area contributed by atoms with Gasteiger partial charge >= 0.3 is 10.1 Å². The molecule has 0 bridgehead atoms. The normalized spacial score (nSPS) is 11.4. The molecule has 6 heteroatoms. The zero-order chi connectivity index (χ0) is 18.6. The first-order chi connectivity index (χ1) is 11.7. The van der Waals surface area contributed by atoms with Crippen molar-refractivity contribution in [3.8, 4) is 5.75 Å². The molecule has 2 aromatic rings. The lowest BCUT2D eigenvalue weighted by Crippen LogP contribution is -2.12. The fourth-order valence-corrected chi connectivity index (χ4v) is 3.26. The Morgan fingerprint density at radius 2 is 1.76 bits per heavy atom.